The molecule has 1 aromatic carbocycles. The molecule has 0 amide bonds. The van der Waals surface area contributed by atoms with Crippen molar-refractivity contribution in [3.63, 3.8) is 0 Å². The summed E-state index contributed by atoms with van der Waals surface area (Å²) in [6.07, 6.45) is 2.73. The summed E-state index contributed by atoms with van der Waals surface area (Å²) < 4.78 is 18.0. The van der Waals surface area contributed by atoms with Crippen LogP contribution in [0.25, 0.3) is 0 Å². The van der Waals surface area contributed by atoms with Crippen LogP contribution < -0.4 is 11.1 Å². The number of aliphatic hydroxyl groups is 1. The van der Waals surface area contributed by atoms with E-state index in [0.29, 0.717) is 28.6 Å². The summed E-state index contributed by atoms with van der Waals surface area (Å²) >= 11 is 6.70. The second kappa shape index (κ2) is 6.37. The highest BCUT2D eigenvalue weighted by atomic mass is 79.9. The minimum atomic E-state index is -1.71. The van der Waals surface area contributed by atoms with Gasteiger partial charge >= 0.3 is 0 Å². The molecule has 1 atom stereocenters. The van der Waals surface area contributed by atoms with Gasteiger partial charge in [0, 0.05) is 24.2 Å². The largest absolute Gasteiger partial charge is 0.398 e. The quantitative estimate of drug-likeness (QED) is 0.558. The Labute approximate surface area is 127 Å². The van der Waals surface area contributed by atoms with Crippen LogP contribution in [0.2, 0.25) is 0 Å². The van der Waals surface area contributed by atoms with Crippen LogP contribution in [-0.4, -0.2) is 17.3 Å². The lowest BCUT2D eigenvalue weighted by molar-refractivity contribution is 0.116. The number of halogens is 2. The summed E-state index contributed by atoms with van der Waals surface area (Å²) in [6, 6.07) is 3.56. The van der Waals surface area contributed by atoms with Crippen LogP contribution in [0.3, 0.4) is 0 Å². The van der Waals surface area contributed by atoms with Crippen molar-refractivity contribution in [1.82, 2.24) is 5.32 Å². The van der Waals surface area contributed by atoms with E-state index in [1.165, 1.54) is 0 Å². The number of nitrogen functional groups attached to an aromatic ring is 1. The fourth-order valence-corrected chi connectivity index (χ4v) is 3.31. The Morgan fingerprint density at radius 1 is 1.44 bits per heavy atom. The maximum absolute atomic E-state index is 9.51. The molecule has 1 saturated carbocycles. The number of nitrogens with one attached hydrogen (secondary N) is 1. The molecule has 0 saturated heterocycles. The van der Waals surface area contributed by atoms with Gasteiger partial charge < -0.3 is 16.2 Å². The Balaban J connectivity index is 2.18. The number of aliphatic hydroxyl groups excluding tert-OH is 1. The van der Waals surface area contributed by atoms with Gasteiger partial charge in [0.25, 0.3) is 0 Å². The molecule has 18 heavy (non-hydrogen) atoms. The van der Waals surface area contributed by atoms with E-state index >= 15 is 0 Å². The van der Waals surface area contributed by atoms with Crippen LogP contribution in [0.15, 0.2) is 21.1 Å². The van der Waals surface area contributed by atoms with E-state index < -0.39 is 6.50 Å². The van der Waals surface area contributed by atoms with Gasteiger partial charge in [0.05, 0.1) is 11.8 Å². The molecule has 2 rings (SSSR count). The maximum atomic E-state index is 9.51. The van der Waals surface area contributed by atoms with Crippen molar-refractivity contribution < 1.29 is 7.85 Å². The molecule has 0 aromatic heterocycles. The number of hydrogen-bond donors (Lipinski definition) is 3. The molecular weight excluding hydrogens is 361 g/mol. The summed E-state index contributed by atoms with van der Waals surface area (Å²) in [7, 11) is 0. The molecular formula is C13H18Br2N2O. The highest BCUT2D eigenvalue weighted by Gasteiger charge is 2.19. The lowest BCUT2D eigenvalue weighted by Gasteiger charge is -2.26. The summed E-state index contributed by atoms with van der Waals surface area (Å²) in [5.74, 6) is 0. The van der Waals surface area contributed by atoms with E-state index in [0.717, 1.165) is 17.3 Å². The number of benzene rings is 1. The third kappa shape index (κ3) is 3.70. The summed E-state index contributed by atoms with van der Waals surface area (Å²) in [6.45, 7) is -1.71. The zero-order valence-corrected chi connectivity index (χ0v) is 13.1. The average Bonchev–Trinajstić information content (AvgIpc) is 2.36. The van der Waals surface area contributed by atoms with Crippen molar-refractivity contribution in [2.45, 2.75) is 44.3 Å². The van der Waals surface area contributed by atoms with Crippen molar-refractivity contribution in [2.75, 3.05) is 5.73 Å². The predicted octanol–water partition coefficient (Wildman–Crippen LogP) is 3.19. The van der Waals surface area contributed by atoms with E-state index in [-0.39, 0.29) is 12.1 Å². The minimum absolute atomic E-state index is 0.0607. The molecule has 0 spiro atoms. The first-order valence-electron chi connectivity index (χ1n) is 7.00. The van der Waals surface area contributed by atoms with Gasteiger partial charge in [0.2, 0.25) is 0 Å². The van der Waals surface area contributed by atoms with Crippen molar-refractivity contribution >= 4 is 37.5 Å². The van der Waals surface area contributed by atoms with Gasteiger partial charge in [-0.15, -0.1) is 0 Å². The third-order valence-corrected chi connectivity index (χ3v) is 4.32. The molecule has 1 aliphatic carbocycles. The molecule has 5 heteroatoms. The van der Waals surface area contributed by atoms with Crippen molar-refractivity contribution in [3.05, 3.63) is 26.6 Å². The number of rotatable bonds is 3. The molecule has 1 unspecified atom stereocenters. The highest BCUT2D eigenvalue weighted by molar-refractivity contribution is 9.11. The van der Waals surface area contributed by atoms with Crippen LogP contribution in [-0.2, 0) is 6.50 Å². The van der Waals surface area contributed by atoms with Gasteiger partial charge in [-0.1, -0.05) is 15.9 Å². The second-order valence-electron chi connectivity index (χ2n) is 4.62. The van der Waals surface area contributed by atoms with E-state index in [2.05, 4.69) is 37.2 Å². The van der Waals surface area contributed by atoms with Gasteiger partial charge in [-0.25, -0.2) is 0 Å². The first-order chi connectivity index (χ1) is 9.29. The van der Waals surface area contributed by atoms with E-state index in [1.54, 1.807) is 12.1 Å². The molecule has 3 nitrogen and oxygen atoms in total. The lowest BCUT2D eigenvalue weighted by Crippen LogP contribution is -2.34. The first-order valence-corrected chi connectivity index (χ1v) is 7.59. The normalized spacial score (nSPS) is 29.3. The van der Waals surface area contributed by atoms with Crippen molar-refractivity contribution in [2.24, 2.45) is 0 Å². The van der Waals surface area contributed by atoms with Crippen LogP contribution >= 0.6 is 31.9 Å². The number of hydrogen-bond acceptors (Lipinski definition) is 3. The van der Waals surface area contributed by atoms with E-state index in [1.807, 2.05) is 0 Å². The number of anilines is 1. The fraction of sp³-hybridized carbons (Fsp3) is 0.538. The Hall–Kier alpha value is -0.100. The van der Waals surface area contributed by atoms with Crippen LogP contribution in [0.4, 0.5) is 5.69 Å². The van der Waals surface area contributed by atoms with Crippen LogP contribution in [0.1, 0.15) is 34.0 Å². The Morgan fingerprint density at radius 3 is 2.78 bits per heavy atom. The monoisotopic (exact) mass is 378 g/mol. The number of nitrogens with two attached hydrogens (primary N) is 1. The summed E-state index contributed by atoms with van der Waals surface area (Å²) in [4.78, 5) is 0. The molecule has 1 fully saturated rings. The summed E-state index contributed by atoms with van der Waals surface area (Å²) in [5.41, 5.74) is 6.80. The molecule has 0 bridgehead atoms. The standard InChI is InChI=1S/C13H18Br2N2O/c14-9-5-8(13(16)12(15)6-9)7-17-10-1-3-11(18)4-2-10/h5-6,10-11,17-18H,1-4,7,16H2/i7+1DH. The molecule has 0 heterocycles. The summed E-state index contributed by atoms with van der Waals surface area (Å²) in [5, 5.41) is 12.5. The van der Waals surface area contributed by atoms with Crippen molar-refractivity contribution in [3.8, 4) is 0 Å². The second-order valence-corrected chi connectivity index (χ2v) is 6.39. The molecule has 1 aliphatic rings. The molecule has 100 valence electrons. The molecule has 1 aromatic rings. The van der Waals surface area contributed by atoms with Crippen LogP contribution in [0, 0.1) is 0 Å². The lowest BCUT2D eigenvalue weighted by atomic mass is 9.93. The van der Waals surface area contributed by atoms with Gasteiger partial charge in [-0.05, 0) is 59.3 Å². The van der Waals surface area contributed by atoms with Crippen LogP contribution in [0.5, 0.6) is 0 Å². The van der Waals surface area contributed by atoms with E-state index in [4.69, 9.17) is 8.48 Å². The topological polar surface area (TPSA) is 58.3 Å². The molecule has 0 radical (unpaired) electrons. The van der Waals surface area contributed by atoms with Gasteiger partial charge in [0.1, 0.15) is 0 Å². The van der Waals surface area contributed by atoms with Gasteiger partial charge in [-0.2, -0.15) is 0 Å². The van der Waals surface area contributed by atoms with Crippen molar-refractivity contribution in [1.29, 1.82) is 0 Å². The zero-order valence-electron chi connectivity index (χ0n) is 11.9. The average molecular weight is 380 g/mol. The fourth-order valence-electron chi connectivity index (χ4n) is 2.09. The Bertz CT molecular complexity index is 492. The van der Waals surface area contributed by atoms with Gasteiger partial charge in [0.15, 0.2) is 0 Å². The maximum Gasteiger partial charge on any atom is 0.0541 e. The molecule has 4 N–H and O–H groups in total. The molecule has 0 aliphatic heterocycles. The first kappa shape index (κ1) is 11.7. The van der Waals surface area contributed by atoms with E-state index in [9.17, 15) is 5.11 Å². The smallest absolute Gasteiger partial charge is 0.0541 e. The SMILES string of the molecule is [1H][13C]([2H])(NC1CCC(O)CC1)c1cc(Br)cc(Br)c1N. The zero-order chi connectivity index (χ0) is 14.9. The predicted molar refractivity (Wildman–Crippen MR) is 81.4 cm³/mol. The van der Waals surface area contributed by atoms with Gasteiger partial charge in [-0.3, -0.25) is 0 Å². The Kier molecular flexibility index (Phi) is 4.14. The minimum Gasteiger partial charge on any atom is -0.398 e. The highest BCUT2D eigenvalue weighted by Crippen LogP contribution is 2.28. The third-order valence-electron chi connectivity index (χ3n) is 3.20. The Morgan fingerprint density at radius 2 is 2.11 bits per heavy atom.